The van der Waals surface area contributed by atoms with Crippen molar-refractivity contribution in [3.63, 3.8) is 0 Å². The lowest BCUT2D eigenvalue weighted by Crippen LogP contribution is -2.28. The van der Waals surface area contributed by atoms with Gasteiger partial charge in [-0.15, -0.1) is 10.2 Å². The van der Waals surface area contributed by atoms with Gasteiger partial charge in [-0.05, 0) is 50.0 Å². The molecule has 1 N–H and O–H groups in total. The SMILES string of the molecule is FC(F)(F)c1cccc(O[C@H]2CC[C@H](c3nnc4n3C3C=CC(Cl)=CC3CNC4)CC2)c1. The molecule has 1 fully saturated rings. The maximum atomic E-state index is 13.0. The summed E-state index contributed by atoms with van der Waals surface area (Å²) in [6.07, 6.45) is 4.89. The summed E-state index contributed by atoms with van der Waals surface area (Å²) >= 11 is 6.23. The number of hydrogen-bond donors (Lipinski definition) is 1. The zero-order chi connectivity index (χ0) is 22.3. The first-order valence-corrected chi connectivity index (χ1v) is 11.3. The number of alkyl halides is 3. The first-order chi connectivity index (χ1) is 15.4. The molecule has 170 valence electrons. The molecule has 2 atom stereocenters. The van der Waals surface area contributed by atoms with Crippen molar-refractivity contribution < 1.29 is 17.9 Å². The van der Waals surface area contributed by atoms with Gasteiger partial charge >= 0.3 is 6.18 Å². The summed E-state index contributed by atoms with van der Waals surface area (Å²) < 4.78 is 47.1. The van der Waals surface area contributed by atoms with E-state index in [0.29, 0.717) is 6.54 Å². The molecular formula is C23H24ClF3N4O. The molecule has 0 spiro atoms. The van der Waals surface area contributed by atoms with Crippen LogP contribution < -0.4 is 10.1 Å². The van der Waals surface area contributed by atoms with E-state index in [1.165, 1.54) is 6.07 Å². The first-order valence-electron chi connectivity index (χ1n) is 10.9. The highest BCUT2D eigenvalue weighted by Gasteiger charge is 2.35. The Morgan fingerprint density at radius 2 is 1.94 bits per heavy atom. The Hall–Kier alpha value is -2.32. The first kappa shape index (κ1) is 21.5. The van der Waals surface area contributed by atoms with Crippen LogP contribution in [0, 0.1) is 5.92 Å². The smallest absolute Gasteiger partial charge is 0.416 e. The van der Waals surface area contributed by atoms with Gasteiger partial charge in [0.2, 0.25) is 0 Å². The van der Waals surface area contributed by atoms with Crippen molar-refractivity contribution >= 4 is 11.6 Å². The molecule has 5 nitrogen and oxygen atoms in total. The van der Waals surface area contributed by atoms with Crippen LogP contribution in [0.2, 0.25) is 0 Å². The molecule has 2 heterocycles. The number of fused-ring (bicyclic) bond motifs is 3. The number of ether oxygens (including phenoxy) is 1. The van der Waals surface area contributed by atoms with Gasteiger partial charge in [-0.3, -0.25) is 0 Å². The lowest BCUT2D eigenvalue weighted by atomic mass is 9.86. The number of nitrogens with zero attached hydrogens (tertiary/aromatic N) is 3. The maximum Gasteiger partial charge on any atom is 0.416 e. The molecular weight excluding hydrogens is 441 g/mol. The largest absolute Gasteiger partial charge is 0.490 e. The molecule has 1 saturated carbocycles. The second-order valence-electron chi connectivity index (χ2n) is 8.66. The normalized spacial score (nSPS) is 27.8. The molecule has 0 bridgehead atoms. The van der Waals surface area contributed by atoms with Crippen molar-refractivity contribution in [1.29, 1.82) is 0 Å². The molecule has 0 saturated heterocycles. The van der Waals surface area contributed by atoms with E-state index in [1.54, 1.807) is 6.07 Å². The number of rotatable bonds is 3. The molecule has 2 aromatic rings. The minimum atomic E-state index is -4.37. The number of nitrogens with one attached hydrogen (secondary N) is 1. The highest BCUT2D eigenvalue weighted by molar-refractivity contribution is 6.31. The number of benzene rings is 1. The van der Waals surface area contributed by atoms with E-state index in [2.05, 4.69) is 32.2 Å². The number of hydrogen-bond acceptors (Lipinski definition) is 4. The topological polar surface area (TPSA) is 52.0 Å². The standard InChI is InChI=1S/C23H24ClF3N4O/c24-17-6-9-20-15(10-17)12-28-13-21-29-30-22(31(20)21)14-4-7-18(8-5-14)32-19-3-1-2-16(11-19)23(25,26)27/h1-3,6,9-11,14-15,18,20,28H,4-5,7-8,12-13H2/t14-,15?,18-,20?. The van der Waals surface area contributed by atoms with Crippen LogP contribution in [0.1, 0.15) is 54.9 Å². The van der Waals surface area contributed by atoms with E-state index in [0.717, 1.165) is 61.0 Å². The Balaban J connectivity index is 1.28. The molecule has 3 aliphatic rings. The molecule has 32 heavy (non-hydrogen) atoms. The van der Waals surface area contributed by atoms with E-state index in [4.69, 9.17) is 16.3 Å². The van der Waals surface area contributed by atoms with Crippen molar-refractivity contribution in [2.75, 3.05) is 6.54 Å². The van der Waals surface area contributed by atoms with E-state index >= 15 is 0 Å². The van der Waals surface area contributed by atoms with Crippen LogP contribution in [0.3, 0.4) is 0 Å². The Labute approximate surface area is 189 Å². The van der Waals surface area contributed by atoms with Gasteiger partial charge in [0.25, 0.3) is 0 Å². The molecule has 0 radical (unpaired) electrons. The summed E-state index contributed by atoms with van der Waals surface area (Å²) in [5.41, 5.74) is -0.687. The lowest BCUT2D eigenvalue weighted by molar-refractivity contribution is -0.137. The van der Waals surface area contributed by atoms with Crippen molar-refractivity contribution in [2.24, 2.45) is 5.92 Å². The maximum absolute atomic E-state index is 13.0. The molecule has 0 amide bonds. The average molecular weight is 465 g/mol. The summed E-state index contributed by atoms with van der Waals surface area (Å²) in [5, 5.41) is 13.2. The summed E-state index contributed by atoms with van der Waals surface area (Å²) in [5.74, 6) is 2.65. The monoisotopic (exact) mass is 464 g/mol. The van der Waals surface area contributed by atoms with Gasteiger partial charge < -0.3 is 14.6 Å². The van der Waals surface area contributed by atoms with Crippen LogP contribution in [0.15, 0.2) is 47.5 Å². The van der Waals surface area contributed by atoms with E-state index in [-0.39, 0.29) is 29.7 Å². The molecule has 2 unspecified atom stereocenters. The lowest BCUT2D eigenvalue weighted by Gasteiger charge is -2.31. The van der Waals surface area contributed by atoms with Crippen LogP contribution >= 0.6 is 11.6 Å². The molecule has 1 aliphatic heterocycles. The average Bonchev–Trinajstić information content (AvgIpc) is 3.09. The fourth-order valence-electron chi connectivity index (χ4n) is 4.94. The number of allylic oxidation sites excluding steroid dienone is 3. The molecule has 2 aliphatic carbocycles. The Morgan fingerprint density at radius 1 is 1.12 bits per heavy atom. The third-order valence-electron chi connectivity index (χ3n) is 6.52. The van der Waals surface area contributed by atoms with Gasteiger partial charge in [0, 0.05) is 23.4 Å². The third kappa shape index (κ3) is 4.30. The van der Waals surface area contributed by atoms with Gasteiger partial charge in [0.05, 0.1) is 24.3 Å². The van der Waals surface area contributed by atoms with Crippen LogP contribution in [-0.4, -0.2) is 27.4 Å². The minimum absolute atomic E-state index is 0.105. The third-order valence-corrected chi connectivity index (χ3v) is 6.77. The zero-order valence-electron chi connectivity index (χ0n) is 17.4. The van der Waals surface area contributed by atoms with Crippen molar-refractivity contribution in [1.82, 2.24) is 20.1 Å². The van der Waals surface area contributed by atoms with E-state index < -0.39 is 11.7 Å². The van der Waals surface area contributed by atoms with Gasteiger partial charge in [-0.1, -0.05) is 29.8 Å². The van der Waals surface area contributed by atoms with Gasteiger partial charge in [-0.2, -0.15) is 13.2 Å². The van der Waals surface area contributed by atoms with Gasteiger partial charge in [0.1, 0.15) is 17.4 Å². The summed E-state index contributed by atoms with van der Waals surface area (Å²) in [6, 6.07) is 5.24. The second kappa shape index (κ2) is 8.56. The van der Waals surface area contributed by atoms with Gasteiger partial charge in [0.15, 0.2) is 0 Å². The van der Waals surface area contributed by atoms with Crippen LogP contribution in [-0.2, 0) is 12.7 Å². The van der Waals surface area contributed by atoms with Crippen molar-refractivity contribution in [3.8, 4) is 5.75 Å². The summed E-state index contributed by atoms with van der Waals surface area (Å²) in [4.78, 5) is 0. The predicted molar refractivity (Wildman–Crippen MR) is 114 cm³/mol. The Bertz CT molecular complexity index is 1040. The fourth-order valence-corrected chi connectivity index (χ4v) is 5.17. The molecule has 1 aromatic carbocycles. The zero-order valence-corrected chi connectivity index (χ0v) is 18.1. The van der Waals surface area contributed by atoms with Crippen LogP contribution in [0.4, 0.5) is 13.2 Å². The van der Waals surface area contributed by atoms with Gasteiger partial charge in [-0.25, -0.2) is 0 Å². The molecule has 5 rings (SSSR count). The molecule has 1 aromatic heterocycles. The van der Waals surface area contributed by atoms with Crippen LogP contribution in [0.25, 0.3) is 0 Å². The molecule has 9 heteroatoms. The number of halogens is 4. The minimum Gasteiger partial charge on any atom is -0.490 e. The summed E-state index contributed by atoms with van der Waals surface area (Å²) in [7, 11) is 0. The highest BCUT2D eigenvalue weighted by Crippen LogP contribution is 2.39. The van der Waals surface area contributed by atoms with Crippen molar-refractivity contribution in [3.05, 3.63) is 64.7 Å². The van der Waals surface area contributed by atoms with E-state index in [1.807, 2.05) is 6.08 Å². The Kier molecular flexibility index (Phi) is 5.75. The highest BCUT2D eigenvalue weighted by atomic mass is 35.5. The van der Waals surface area contributed by atoms with Crippen molar-refractivity contribution in [2.45, 2.75) is 56.5 Å². The second-order valence-corrected chi connectivity index (χ2v) is 9.09. The summed E-state index contributed by atoms with van der Waals surface area (Å²) in [6.45, 7) is 1.49. The van der Waals surface area contributed by atoms with E-state index in [9.17, 15) is 13.2 Å². The fraction of sp³-hybridized carbons (Fsp3) is 0.478. The predicted octanol–water partition coefficient (Wildman–Crippen LogP) is 5.36. The quantitative estimate of drug-likeness (QED) is 0.664. The van der Waals surface area contributed by atoms with Crippen LogP contribution in [0.5, 0.6) is 5.75 Å². The number of aromatic nitrogens is 3. The Morgan fingerprint density at radius 3 is 2.72 bits per heavy atom.